The van der Waals surface area contributed by atoms with Gasteiger partial charge < -0.3 is 5.11 Å². The van der Waals surface area contributed by atoms with E-state index >= 15 is 0 Å². The topological polar surface area (TPSA) is 68.0 Å². The zero-order chi connectivity index (χ0) is 14.0. The smallest absolute Gasteiger partial charge is 0.303 e. The van der Waals surface area contributed by atoms with Crippen LogP contribution in [0.5, 0.6) is 0 Å². The molecule has 0 aliphatic heterocycles. The molecule has 0 saturated carbocycles. The van der Waals surface area contributed by atoms with Crippen molar-refractivity contribution in [2.24, 2.45) is 0 Å². The van der Waals surface area contributed by atoms with Crippen molar-refractivity contribution in [3.8, 4) is 5.69 Å². The SMILES string of the molecule is Cc1c(CCC(=O)O)nnn1-c1cc(Cl)cc(Cl)c1. The lowest BCUT2D eigenvalue weighted by molar-refractivity contribution is -0.136. The molecule has 0 aliphatic carbocycles. The van der Waals surface area contributed by atoms with E-state index in [2.05, 4.69) is 10.3 Å². The van der Waals surface area contributed by atoms with Gasteiger partial charge in [0, 0.05) is 16.5 Å². The normalized spacial score (nSPS) is 10.7. The van der Waals surface area contributed by atoms with E-state index < -0.39 is 5.97 Å². The lowest BCUT2D eigenvalue weighted by Crippen LogP contribution is -2.01. The summed E-state index contributed by atoms with van der Waals surface area (Å²) in [7, 11) is 0. The monoisotopic (exact) mass is 299 g/mol. The second-order valence-corrected chi connectivity index (χ2v) is 4.93. The van der Waals surface area contributed by atoms with Crippen LogP contribution in [0.25, 0.3) is 5.69 Å². The molecule has 100 valence electrons. The first-order chi connectivity index (χ1) is 8.97. The first-order valence-corrected chi connectivity index (χ1v) is 6.32. The zero-order valence-electron chi connectivity index (χ0n) is 10.1. The second-order valence-electron chi connectivity index (χ2n) is 4.05. The first-order valence-electron chi connectivity index (χ1n) is 5.57. The Labute approximate surface area is 119 Å². The van der Waals surface area contributed by atoms with E-state index in [1.807, 2.05) is 6.92 Å². The van der Waals surface area contributed by atoms with Gasteiger partial charge >= 0.3 is 5.97 Å². The van der Waals surface area contributed by atoms with E-state index in [4.69, 9.17) is 28.3 Å². The highest BCUT2D eigenvalue weighted by Crippen LogP contribution is 2.22. The van der Waals surface area contributed by atoms with Gasteiger partial charge in [0.15, 0.2) is 0 Å². The van der Waals surface area contributed by atoms with E-state index in [1.54, 1.807) is 22.9 Å². The van der Waals surface area contributed by atoms with Gasteiger partial charge in [-0.25, -0.2) is 4.68 Å². The molecule has 1 aromatic carbocycles. The third kappa shape index (κ3) is 3.24. The molecule has 2 aromatic rings. The first kappa shape index (κ1) is 13.8. The van der Waals surface area contributed by atoms with Gasteiger partial charge in [0.05, 0.1) is 23.5 Å². The average molecular weight is 300 g/mol. The lowest BCUT2D eigenvalue weighted by atomic mass is 10.2. The van der Waals surface area contributed by atoms with Crippen LogP contribution in [0, 0.1) is 6.92 Å². The van der Waals surface area contributed by atoms with Gasteiger partial charge in [0.25, 0.3) is 0 Å². The number of hydrogen-bond donors (Lipinski definition) is 1. The highest BCUT2D eigenvalue weighted by Gasteiger charge is 2.12. The van der Waals surface area contributed by atoms with Crippen molar-refractivity contribution in [3.05, 3.63) is 39.6 Å². The van der Waals surface area contributed by atoms with Crippen molar-refractivity contribution < 1.29 is 9.90 Å². The van der Waals surface area contributed by atoms with Crippen molar-refractivity contribution in [2.75, 3.05) is 0 Å². The Morgan fingerprint density at radius 3 is 2.53 bits per heavy atom. The minimum atomic E-state index is -0.861. The fraction of sp³-hybridized carbons (Fsp3) is 0.250. The summed E-state index contributed by atoms with van der Waals surface area (Å²) in [4.78, 5) is 10.6. The molecule has 0 bridgehead atoms. The van der Waals surface area contributed by atoms with E-state index in [0.717, 1.165) is 5.69 Å². The van der Waals surface area contributed by atoms with Gasteiger partial charge in [-0.05, 0) is 25.1 Å². The van der Waals surface area contributed by atoms with Gasteiger partial charge in [0.1, 0.15) is 0 Å². The van der Waals surface area contributed by atoms with Crippen LogP contribution in [0.2, 0.25) is 10.0 Å². The van der Waals surface area contributed by atoms with Gasteiger partial charge in [-0.2, -0.15) is 0 Å². The standard InChI is InChI=1S/C12H11Cl2N3O2/c1-7-11(2-3-12(18)19)15-16-17(7)10-5-8(13)4-9(14)6-10/h4-6H,2-3H2,1H3,(H,18,19). The molecule has 0 spiro atoms. The molecule has 2 rings (SSSR count). The molecule has 1 aromatic heterocycles. The van der Waals surface area contributed by atoms with Gasteiger partial charge in [0.2, 0.25) is 0 Å². The molecule has 5 nitrogen and oxygen atoms in total. The number of nitrogens with zero attached hydrogens (tertiary/aromatic N) is 3. The summed E-state index contributed by atoms with van der Waals surface area (Å²) >= 11 is 11.9. The number of hydrogen-bond acceptors (Lipinski definition) is 3. The minimum Gasteiger partial charge on any atom is -0.481 e. The fourth-order valence-electron chi connectivity index (χ4n) is 1.72. The summed E-state index contributed by atoms with van der Waals surface area (Å²) < 4.78 is 1.59. The number of aliphatic carboxylic acids is 1. The molecular formula is C12H11Cl2N3O2. The third-order valence-corrected chi connectivity index (χ3v) is 3.09. The summed E-state index contributed by atoms with van der Waals surface area (Å²) in [5, 5.41) is 17.7. The van der Waals surface area contributed by atoms with Gasteiger partial charge in [-0.15, -0.1) is 5.10 Å². The number of carboxylic acids is 1. The van der Waals surface area contributed by atoms with E-state index in [0.29, 0.717) is 27.8 Å². The Morgan fingerprint density at radius 2 is 1.95 bits per heavy atom. The molecular weight excluding hydrogens is 289 g/mol. The van der Waals surface area contributed by atoms with Gasteiger partial charge in [-0.3, -0.25) is 4.79 Å². The molecule has 19 heavy (non-hydrogen) atoms. The molecule has 0 atom stereocenters. The summed E-state index contributed by atoms with van der Waals surface area (Å²) in [6.07, 6.45) is 0.366. The Hall–Kier alpha value is -1.59. The fourth-order valence-corrected chi connectivity index (χ4v) is 2.24. The highest BCUT2D eigenvalue weighted by atomic mass is 35.5. The van der Waals surface area contributed by atoms with Crippen LogP contribution in [0.4, 0.5) is 0 Å². The number of aromatic nitrogens is 3. The Kier molecular flexibility index (Phi) is 4.07. The second kappa shape index (κ2) is 5.59. The van der Waals surface area contributed by atoms with Gasteiger partial charge in [-0.1, -0.05) is 28.4 Å². The van der Waals surface area contributed by atoms with Crippen LogP contribution in [-0.4, -0.2) is 26.1 Å². The molecule has 7 heteroatoms. The van der Waals surface area contributed by atoms with Crippen LogP contribution in [0.3, 0.4) is 0 Å². The number of benzene rings is 1. The molecule has 0 fully saturated rings. The van der Waals surface area contributed by atoms with Crippen molar-refractivity contribution in [2.45, 2.75) is 19.8 Å². The zero-order valence-corrected chi connectivity index (χ0v) is 11.6. The lowest BCUT2D eigenvalue weighted by Gasteiger charge is -2.05. The number of halogens is 2. The highest BCUT2D eigenvalue weighted by molar-refractivity contribution is 6.34. The molecule has 0 unspecified atom stereocenters. The quantitative estimate of drug-likeness (QED) is 0.942. The number of rotatable bonds is 4. The van der Waals surface area contributed by atoms with E-state index in [1.165, 1.54) is 0 Å². The molecule has 1 heterocycles. The maximum atomic E-state index is 10.6. The predicted octanol–water partition coefficient (Wildman–Crippen LogP) is 2.90. The Morgan fingerprint density at radius 1 is 1.32 bits per heavy atom. The largest absolute Gasteiger partial charge is 0.481 e. The van der Waals surface area contributed by atoms with Crippen molar-refractivity contribution in [1.82, 2.24) is 15.0 Å². The van der Waals surface area contributed by atoms with E-state index in [9.17, 15) is 4.79 Å². The minimum absolute atomic E-state index is 0.0236. The summed E-state index contributed by atoms with van der Waals surface area (Å²) in [5.74, 6) is -0.861. The number of aryl methyl sites for hydroxylation is 1. The van der Waals surface area contributed by atoms with Crippen LogP contribution >= 0.6 is 23.2 Å². The van der Waals surface area contributed by atoms with Crippen LogP contribution in [0.1, 0.15) is 17.8 Å². The average Bonchev–Trinajstić information content (AvgIpc) is 2.66. The molecule has 0 radical (unpaired) electrons. The van der Waals surface area contributed by atoms with Crippen LogP contribution in [-0.2, 0) is 11.2 Å². The third-order valence-electron chi connectivity index (χ3n) is 2.66. The molecule has 0 amide bonds. The molecule has 0 saturated heterocycles. The Balaban J connectivity index is 2.33. The maximum Gasteiger partial charge on any atom is 0.303 e. The van der Waals surface area contributed by atoms with Crippen LogP contribution < -0.4 is 0 Å². The Bertz CT molecular complexity index is 605. The molecule has 0 aliphatic rings. The summed E-state index contributed by atoms with van der Waals surface area (Å²) in [5.41, 5.74) is 2.13. The van der Waals surface area contributed by atoms with Crippen molar-refractivity contribution in [3.63, 3.8) is 0 Å². The van der Waals surface area contributed by atoms with E-state index in [-0.39, 0.29) is 6.42 Å². The van der Waals surface area contributed by atoms with Crippen molar-refractivity contribution >= 4 is 29.2 Å². The predicted molar refractivity (Wildman–Crippen MR) is 72.1 cm³/mol. The summed E-state index contributed by atoms with van der Waals surface area (Å²) in [6, 6.07) is 5.07. The number of carbonyl (C=O) groups is 1. The van der Waals surface area contributed by atoms with Crippen molar-refractivity contribution in [1.29, 1.82) is 0 Å². The maximum absolute atomic E-state index is 10.6. The summed E-state index contributed by atoms with van der Waals surface area (Å²) in [6.45, 7) is 1.83. The molecule has 1 N–H and O–H groups in total. The van der Waals surface area contributed by atoms with Crippen LogP contribution in [0.15, 0.2) is 18.2 Å². The number of carboxylic acid groups (broad SMARTS) is 1.